The Hall–Kier alpha value is -0.970. The van der Waals surface area contributed by atoms with Gasteiger partial charge in [-0.3, -0.25) is 0 Å². The maximum absolute atomic E-state index is 12.7. The average Bonchev–Trinajstić information content (AvgIpc) is 2.60. The van der Waals surface area contributed by atoms with Crippen molar-refractivity contribution in [1.29, 1.82) is 0 Å². The van der Waals surface area contributed by atoms with Crippen LogP contribution in [-0.4, -0.2) is 15.1 Å². The van der Waals surface area contributed by atoms with Crippen LogP contribution in [0.4, 0.5) is 8.78 Å². The summed E-state index contributed by atoms with van der Waals surface area (Å²) in [5.74, 6) is -3.36. The average molecular weight is 188 g/mol. The minimum atomic E-state index is -2.97. The minimum Gasteiger partial charge on any atom is -0.384 e. The molecule has 1 aromatic rings. The minimum absolute atomic E-state index is 0.386. The maximum Gasteiger partial charge on any atom is 0.301 e. The number of halogens is 2. The second-order valence-electron chi connectivity index (χ2n) is 3.57. The summed E-state index contributed by atoms with van der Waals surface area (Å²) in [4.78, 5) is 5.97. The Morgan fingerprint density at radius 2 is 2.23 bits per heavy atom. The van der Waals surface area contributed by atoms with Gasteiger partial charge in [0, 0.05) is 6.92 Å². The van der Waals surface area contributed by atoms with Gasteiger partial charge in [0.25, 0.3) is 0 Å². The molecule has 0 unspecified atom stereocenters. The molecular weight excluding hydrogens is 178 g/mol. The molecule has 2 N–H and O–H groups in total. The topological polar surface area (TPSA) is 48.9 Å². The fraction of sp³-hybridized carbons (Fsp3) is 0.625. The van der Waals surface area contributed by atoms with Crippen molar-refractivity contribution in [2.75, 3.05) is 0 Å². The predicted octanol–water partition coefficient (Wildman–Crippen LogP) is 1.50. The van der Waals surface area contributed by atoms with E-state index in [2.05, 4.69) is 9.97 Å². The second kappa shape index (κ2) is 2.29. The number of aromatic amines is 1. The zero-order valence-electron chi connectivity index (χ0n) is 7.14. The van der Waals surface area contributed by atoms with Crippen molar-refractivity contribution in [2.24, 2.45) is 0 Å². The molecule has 0 atom stereocenters. The van der Waals surface area contributed by atoms with Crippen LogP contribution in [0.15, 0.2) is 6.20 Å². The van der Waals surface area contributed by atoms with Crippen LogP contribution in [0.5, 0.6) is 0 Å². The number of hydrogen-bond acceptors (Lipinski definition) is 2. The van der Waals surface area contributed by atoms with Crippen molar-refractivity contribution in [2.45, 2.75) is 31.3 Å². The first-order chi connectivity index (χ1) is 5.92. The molecule has 72 valence electrons. The van der Waals surface area contributed by atoms with E-state index in [4.69, 9.17) is 0 Å². The molecule has 5 heteroatoms. The standard InChI is InChI=1S/C8H10F2N2O/c1-7(9,10)6-11-4-5(12-6)8(13)2-3-8/h4,13H,2-3H2,1H3,(H,11,12). The van der Waals surface area contributed by atoms with Gasteiger partial charge in [0.05, 0.1) is 11.9 Å². The summed E-state index contributed by atoms with van der Waals surface area (Å²) in [5, 5.41) is 9.56. The molecule has 0 aliphatic heterocycles. The molecular formula is C8H10F2N2O. The van der Waals surface area contributed by atoms with Crippen molar-refractivity contribution in [3.63, 3.8) is 0 Å². The summed E-state index contributed by atoms with van der Waals surface area (Å²) < 4.78 is 25.4. The van der Waals surface area contributed by atoms with Crippen molar-refractivity contribution < 1.29 is 13.9 Å². The molecule has 0 saturated heterocycles. The summed E-state index contributed by atoms with van der Waals surface area (Å²) in [6, 6.07) is 0. The molecule has 1 saturated carbocycles. The lowest BCUT2D eigenvalue weighted by atomic mass is 10.2. The second-order valence-corrected chi connectivity index (χ2v) is 3.57. The predicted molar refractivity (Wildman–Crippen MR) is 41.3 cm³/mol. The first-order valence-electron chi connectivity index (χ1n) is 4.08. The third-order valence-corrected chi connectivity index (χ3v) is 2.22. The fourth-order valence-electron chi connectivity index (χ4n) is 1.17. The Morgan fingerprint density at radius 1 is 1.62 bits per heavy atom. The number of H-pyrrole nitrogens is 1. The zero-order valence-corrected chi connectivity index (χ0v) is 7.14. The van der Waals surface area contributed by atoms with Crippen molar-refractivity contribution in [3.05, 3.63) is 17.7 Å². The molecule has 0 bridgehead atoms. The lowest BCUT2D eigenvalue weighted by Gasteiger charge is -2.06. The highest BCUT2D eigenvalue weighted by Crippen LogP contribution is 2.44. The normalized spacial score (nSPS) is 20.3. The van der Waals surface area contributed by atoms with Gasteiger partial charge in [-0.15, -0.1) is 0 Å². The third-order valence-electron chi connectivity index (χ3n) is 2.22. The summed E-state index contributed by atoms with van der Waals surface area (Å²) in [6.07, 6.45) is 2.51. The highest BCUT2D eigenvalue weighted by Gasteiger charge is 2.44. The van der Waals surface area contributed by atoms with Crippen LogP contribution < -0.4 is 0 Å². The van der Waals surface area contributed by atoms with Gasteiger partial charge in [-0.25, -0.2) is 4.98 Å². The SMILES string of the molecule is CC(F)(F)c1ncc(C2(O)CC2)[nH]1. The number of nitrogens with one attached hydrogen (secondary N) is 1. The smallest absolute Gasteiger partial charge is 0.301 e. The van der Waals surface area contributed by atoms with Gasteiger partial charge in [0.15, 0.2) is 5.82 Å². The van der Waals surface area contributed by atoms with Crippen molar-refractivity contribution >= 4 is 0 Å². The first kappa shape index (κ1) is 8.62. The first-order valence-corrected chi connectivity index (χ1v) is 4.08. The number of rotatable bonds is 2. The van der Waals surface area contributed by atoms with Crippen LogP contribution in [0.1, 0.15) is 31.3 Å². The lowest BCUT2D eigenvalue weighted by molar-refractivity contribution is 0.00814. The van der Waals surface area contributed by atoms with E-state index in [1.165, 1.54) is 6.20 Å². The Labute approximate surface area is 73.8 Å². The van der Waals surface area contributed by atoms with Crippen LogP contribution in [0, 0.1) is 0 Å². The van der Waals surface area contributed by atoms with Crippen LogP contribution in [-0.2, 0) is 11.5 Å². The largest absolute Gasteiger partial charge is 0.384 e. The highest BCUT2D eigenvalue weighted by atomic mass is 19.3. The van der Waals surface area contributed by atoms with Crippen LogP contribution in [0.3, 0.4) is 0 Å². The van der Waals surface area contributed by atoms with Gasteiger partial charge in [-0.05, 0) is 12.8 Å². The summed E-state index contributed by atoms with van der Waals surface area (Å²) in [6.45, 7) is 0.770. The van der Waals surface area contributed by atoms with Crippen LogP contribution in [0.25, 0.3) is 0 Å². The number of nitrogens with zero attached hydrogens (tertiary/aromatic N) is 1. The van der Waals surface area contributed by atoms with Gasteiger partial charge >= 0.3 is 5.92 Å². The molecule has 1 aromatic heterocycles. The quantitative estimate of drug-likeness (QED) is 0.738. The molecule has 0 radical (unpaired) electrons. The Kier molecular flexibility index (Phi) is 1.52. The van der Waals surface area contributed by atoms with Gasteiger partial charge < -0.3 is 10.1 Å². The summed E-state index contributed by atoms with van der Waals surface area (Å²) in [7, 11) is 0. The van der Waals surface area contributed by atoms with E-state index in [0.29, 0.717) is 18.5 Å². The molecule has 0 amide bonds. The van der Waals surface area contributed by atoms with E-state index >= 15 is 0 Å². The molecule has 1 heterocycles. The molecule has 1 aliphatic rings. The third kappa shape index (κ3) is 1.44. The zero-order chi connectivity index (χ0) is 9.69. The fourth-order valence-corrected chi connectivity index (χ4v) is 1.17. The lowest BCUT2D eigenvalue weighted by Crippen LogP contribution is -2.11. The Bertz CT molecular complexity index is 305. The maximum atomic E-state index is 12.7. The summed E-state index contributed by atoms with van der Waals surface area (Å²) in [5.41, 5.74) is -0.528. The van der Waals surface area contributed by atoms with Gasteiger partial charge in [-0.1, -0.05) is 0 Å². The van der Waals surface area contributed by atoms with Crippen molar-refractivity contribution in [3.8, 4) is 0 Å². The number of imidazole rings is 1. The van der Waals surface area contributed by atoms with Gasteiger partial charge in [-0.2, -0.15) is 8.78 Å². The van der Waals surface area contributed by atoms with E-state index in [-0.39, 0.29) is 5.82 Å². The number of aromatic nitrogens is 2. The van der Waals surface area contributed by atoms with E-state index < -0.39 is 11.5 Å². The molecule has 3 nitrogen and oxygen atoms in total. The number of hydrogen-bond donors (Lipinski definition) is 2. The van der Waals surface area contributed by atoms with Crippen molar-refractivity contribution in [1.82, 2.24) is 9.97 Å². The number of alkyl halides is 2. The summed E-state index contributed by atoms with van der Waals surface area (Å²) >= 11 is 0. The van der Waals surface area contributed by atoms with E-state index in [0.717, 1.165) is 6.92 Å². The Balaban J connectivity index is 2.29. The monoisotopic (exact) mass is 188 g/mol. The molecule has 13 heavy (non-hydrogen) atoms. The van der Waals surface area contributed by atoms with Crippen LogP contribution in [0.2, 0.25) is 0 Å². The van der Waals surface area contributed by atoms with E-state index in [9.17, 15) is 13.9 Å². The number of aliphatic hydroxyl groups is 1. The van der Waals surface area contributed by atoms with E-state index in [1.54, 1.807) is 0 Å². The molecule has 0 spiro atoms. The highest BCUT2D eigenvalue weighted by molar-refractivity contribution is 5.19. The van der Waals surface area contributed by atoms with E-state index in [1.807, 2.05) is 0 Å². The van der Waals surface area contributed by atoms with Gasteiger partial charge in [0.1, 0.15) is 5.60 Å². The van der Waals surface area contributed by atoms with Crippen LogP contribution >= 0.6 is 0 Å². The van der Waals surface area contributed by atoms with Gasteiger partial charge in [0.2, 0.25) is 0 Å². The molecule has 2 rings (SSSR count). The Morgan fingerprint density at radius 3 is 2.62 bits per heavy atom. The molecule has 1 aliphatic carbocycles. The molecule has 0 aromatic carbocycles. The molecule has 1 fully saturated rings.